The van der Waals surface area contributed by atoms with Crippen molar-refractivity contribution in [2.75, 3.05) is 13.2 Å². The molecule has 4 heteroatoms. The van der Waals surface area contributed by atoms with Gasteiger partial charge in [0.1, 0.15) is 12.4 Å². The largest absolute Gasteiger partial charge is 0.488 e. The van der Waals surface area contributed by atoms with Gasteiger partial charge in [-0.25, -0.2) is 4.79 Å². The topological polar surface area (TPSA) is 35.5 Å². The van der Waals surface area contributed by atoms with Crippen molar-refractivity contribution in [1.82, 2.24) is 0 Å². The van der Waals surface area contributed by atoms with Crippen LogP contribution in [0.4, 0.5) is 0 Å². The molecule has 0 spiro atoms. The second-order valence-corrected chi connectivity index (χ2v) is 6.94. The van der Waals surface area contributed by atoms with Crippen LogP contribution in [0.15, 0.2) is 17.7 Å². The van der Waals surface area contributed by atoms with E-state index in [1.807, 2.05) is 18.2 Å². The average molecular weight is 337 g/mol. The monoisotopic (exact) mass is 336 g/mol. The fourth-order valence-corrected chi connectivity index (χ4v) is 3.23. The van der Waals surface area contributed by atoms with E-state index < -0.39 is 0 Å². The third kappa shape index (κ3) is 4.08. The SMILES string of the molecule is CCCCC(C)(C)c1cc2c(cc1Cl)C=C(C(=O)OCC)CO2. The Bertz CT molecular complexity index is 617. The number of carbonyl (C=O) groups is 1. The van der Waals surface area contributed by atoms with Gasteiger partial charge in [0.25, 0.3) is 0 Å². The van der Waals surface area contributed by atoms with Crippen molar-refractivity contribution >= 4 is 23.6 Å². The summed E-state index contributed by atoms with van der Waals surface area (Å²) in [4.78, 5) is 11.8. The van der Waals surface area contributed by atoms with E-state index in [-0.39, 0.29) is 18.0 Å². The van der Waals surface area contributed by atoms with Gasteiger partial charge in [-0.2, -0.15) is 0 Å². The fourth-order valence-electron chi connectivity index (χ4n) is 2.81. The standard InChI is InChI=1S/C19H25ClO3/c1-5-7-8-19(3,4)15-11-17-13(10-16(15)20)9-14(12-23-17)18(21)22-6-2/h9-11H,5-8,12H2,1-4H3. The Morgan fingerprint density at radius 1 is 1.35 bits per heavy atom. The number of unbranched alkanes of at least 4 members (excludes halogenated alkanes) is 1. The van der Waals surface area contributed by atoms with Gasteiger partial charge in [0.2, 0.25) is 0 Å². The summed E-state index contributed by atoms with van der Waals surface area (Å²) in [6.07, 6.45) is 5.21. The van der Waals surface area contributed by atoms with E-state index in [1.165, 1.54) is 0 Å². The molecule has 0 atom stereocenters. The summed E-state index contributed by atoms with van der Waals surface area (Å²) in [7, 11) is 0. The van der Waals surface area contributed by atoms with Crippen molar-refractivity contribution < 1.29 is 14.3 Å². The zero-order valence-electron chi connectivity index (χ0n) is 14.4. The van der Waals surface area contributed by atoms with Gasteiger partial charge in [-0.05, 0) is 42.5 Å². The molecule has 0 fully saturated rings. The molecule has 0 N–H and O–H groups in total. The predicted octanol–water partition coefficient (Wildman–Crippen LogP) is 5.15. The molecule has 0 radical (unpaired) electrons. The zero-order valence-corrected chi connectivity index (χ0v) is 15.1. The van der Waals surface area contributed by atoms with Crippen LogP contribution in [0.2, 0.25) is 5.02 Å². The van der Waals surface area contributed by atoms with E-state index in [0.717, 1.165) is 41.2 Å². The molecule has 1 heterocycles. The van der Waals surface area contributed by atoms with Crippen LogP contribution in [-0.4, -0.2) is 19.2 Å². The van der Waals surface area contributed by atoms with E-state index in [4.69, 9.17) is 21.1 Å². The van der Waals surface area contributed by atoms with Gasteiger partial charge < -0.3 is 9.47 Å². The summed E-state index contributed by atoms with van der Waals surface area (Å²) in [5, 5.41) is 0.717. The Balaban J connectivity index is 2.33. The van der Waals surface area contributed by atoms with Crippen LogP contribution < -0.4 is 4.74 Å². The number of rotatable bonds is 6. The zero-order chi connectivity index (χ0) is 17.0. The van der Waals surface area contributed by atoms with E-state index >= 15 is 0 Å². The van der Waals surface area contributed by atoms with Crippen molar-refractivity contribution in [3.8, 4) is 5.75 Å². The fraction of sp³-hybridized carbons (Fsp3) is 0.526. The van der Waals surface area contributed by atoms with E-state index in [2.05, 4.69) is 20.8 Å². The van der Waals surface area contributed by atoms with Crippen LogP contribution in [0.1, 0.15) is 58.1 Å². The lowest BCUT2D eigenvalue weighted by molar-refractivity contribution is -0.138. The predicted molar refractivity (Wildman–Crippen MR) is 94.1 cm³/mol. The summed E-state index contributed by atoms with van der Waals surface area (Å²) in [6.45, 7) is 8.99. The molecule has 1 aromatic rings. The molecule has 2 rings (SSSR count). The maximum absolute atomic E-state index is 11.8. The van der Waals surface area contributed by atoms with Crippen molar-refractivity contribution in [2.24, 2.45) is 0 Å². The molecular weight excluding hydrogens is 312 g/mol. The van der Waals surface area contributed by atoms with Gasteiger partial charge in [0.15, 0.2) is 0 Å². The molecule has 0 bridgehead atoms. The minimum Gasteiger partial charge on any atom is -0.488 e. The quantitative estimate of drug-likeness (QED) is 0.674. The first-order valence-corrected chi connectivity index (χ1v) is 8.61. The molecule has 0 aliphatic carbocycles. The van der Waals surface area contributed by atoms with Crippen molar-refractivity contribution in [2.45, 2.75) is 52.4 Å². The Kier molecular flexibility index (Phi) is 5.74. The normalized spacial score (nSPS) is 13.9. The number of esters is 1. The highest BCUT2D eigenvalue weighted by atomic mass is 35.5. The van der Waals surface area contributed by atoms with Crippen LogP contribution in [0.3, 0.4) is 0 Å². The lowest BCUT2D eigenvalue weighted by Gasteiger charge is -2.28. The molecule has 1 aliphatic rings. The third-order valence-corrected chi connectivity index (χ3v) is 4.55. The second kappa shape index (κ2) is 7.39. The van der Waals surface area contributed by atoms with E-state index in [1.54, 1.807) is 6.92 Å². The van der Waals surface area contributed by atoms with Crippen molar-refractivity contribution in [3.63, 3.8) is 0 Å². The maximum atomic E-state index is 11.8. The van der Waals surface area contributed by atoms with Crippen LogP contribution in [0.5, 0.6) is 5.75 Å². The summed E-state index contributed by atoms with van der Waals surface area (Å²) >= 11 is 6.51. The Hall–Kier alpha value is -1.48. The first kappa shape index (κ1) is 17.9. The Morgan fingerprint density at radius 3 is 2.74 bits per heavy atom. The summed E-state index contributed by atoms with van der Waals surface area (Å²) in [6, 6.07) is 3.91. The lowest BCUT2D eigenvalue weighted by Crippen LogP contribution is -2.20. The van der Waals surface area contributed by atoms with Gasteiger partial charge in [-0.1, -0.05) is 45.2 Å². The summed E-state index contributed by atoms with van der Waals surface area (Å²) in [5.74, 6) is 0.448. The average Bonchev–Trinajstić information content (AvgIpc) is 2.51. The molecule has 23 heavy (non-hydrogen) atoms. The number of hydrogen-bond acceptors (Lipinski definition) is 3. The highest BCUT2D eigenvalue weighted by Gasteiger charge is 2.26. The van der Waals surface area contributed by atoms with Crippen LogP contribution in [0.25, 0.3) is 6.08 Å². The first-order chi connectivity index (χ1) is 10.9. The summed E-state index contributed by atoms with van der Waals surface area (Å²) < 4.78 is 10.8. The Labute approximate surface area is 143 Å². The molecule has 0 amide bonds. The van der Waals surface area contributed by atoms with Gasteiger partial charge >= 0.3 is 5.97 Å². The lowest BCUT2D eigenvalue weighted by atomic mass is 9.79. The Morgan fingerprint density at radius 2 is 2.09 bits per heavy atom. The number of hydrogen-bond donors (Lipinski definition) is 0. The van der Waals surface area contributed by atoms with Crippen LogP contribution in [0, 0.1) is 0 Å². The second-order valence-electron chi connectivity index (χ2n) is 6.54. The van der Waals surface area contributed by atoms with Crippen molar-refractivity contribution in [1.29, 1.82) is 0 Å². The number of halogens is 1. The van der Waals surface area contributed by atoms with Crippen LogP contribution >= 0.6 is 11.6 Å². The maximum Gasteiger partial charge on any atom is 0.337 e. The summed E-state index contributed by atoms with van der Waals surface area (Å²) in [5.41, 5.74) is 2.45. The molecule has 0 saturated carbocycles. The van der Waals surface area contributed by atoms with Crippen LogP contribution in [-0.2, 0) is 14.9 Å². The molecule has 1 aromatic carbocycles. The first-order valence-electron chi connectivity index (χ1n) is 8.23. The minimum atomic E-state index is -0.332. The number of fused-ring (bicyclic) bond motifs is 1. The molecule has 3 nitrogen and oxygen atoms in total. The minimum absolute atomic E-state index is 0.00336. The molecule has 126 valence electrons. The highest BCUT2D eigenvalue weighted by Crippen LogP contribution is 2.40. The molecule has 0 saturated heterocycles. The highest BCUT2D eigenvalue weighted by molar-refractivity contribution is 6.31. The van der Waals surface area contributed by atoms with E-state index in [0.29, 0.717) is 12.2 Å². The molecular formula is C19H25ClO3. The number of carbonyl (C=O) groups excluding carboxylic acids is 1. The van der Waals surface area contributed by atoms with E-state index in [9.17, 15) is 4.79 Å². The number of ether oxygens (including phenoxy) is 2. The van der Waals surface area contributed by atoms with Crippen molar-refractivity contribution in [3.05, 3.63) is 33.9 Å². The van der Waals surface area contributed by atoms with Gasteiger partial charge in [-0.15, -0.1) is 0 Å². The molecule has 1 aliphatic heterocycles. The molecule has 0 aromatic heterocycles. The van der Waals surface area contributed by atoms with Gasteiger partial charge in [0, 0.05) is 10.6 Å². The molecule has 0 unspecified atom stereocenters. The smallest absolute Gasteiger partial charge is 0.337 e. The van der Waals surface area contributed by atoms with Gasteiger partial charge in [-0.3, -0.25) is 0 Å². The van der Waals surface area contributed by atoms with Gasteiger partial charge in [0.05, 0.1) is 12.2 Å². The number of benzene rings is 1. The third-order valence-electron chi connectivity index (χ3n) is 4.23.